The lowest BCUT2D eigenvalue weighted by Crippen LogP contribution is -2.05. The van der Waals surface area contributed by atoms with Gasteiger partial charge in [0.15, 0.2) is 11.1 Å². The number of halogens is 6. The van der Waals surface area contributed by atoms with Gasteiger partial charge < -0.3 is 4.55 Å². The number of fused-ring (bicyclic) bond motifs is 1. The van der Waals surface area contributed by atoms with Gasteiger partial charge in [-0.1, -0.05) is 0 Å². The molecule has 33 heavy (non-hydrogen) atoms. The molecule has 1 unspecified atom stereocenters. The van der Waals surface area contributed by atoms with Crippen molar-refractivity contribution in [2.75, 3.05) is 0 Å². The van der Waals surface area contributed by atoms with E-state index in [-0.39, 0.29) is 38.2 Å². The average molecular weight is 505 g/mol. The van der Waals surface area contributed by atoms with Crippen molar-refractivity contribution in [2.45, 2.75) is 21.6 Å². The lowest BCUT2D eigenvalue weighted by molar-refractivity contribution is -0.137. The molecule has 0 aromatic carbocycles. The summed E-state index contributed by atoms with van der Waals surface area (Å²) in [4.78, 5) is 15.5. The number of hydrogen-bond acceptors (Lipinski definition) is 6. The highest BCUT2D eigenvalue weighted by atomic mass is 32.2. The second-order valence-electron chi connectivity index (χ2n) is 6.41. The van der Waals surface area contributed by atoms with Gasteiger partial charge in [0.25, 0.3) is 0 Å². The largest absolute Gasteiger partial charge is 0.447 e. The SMILES string of the molecule is O=S(O)c1cc(-c2cc(C(F)(F)F)ccn2)cnc1-c1cn2cnc(SC(F)(F)F)cc2n1. The fourth-order valence-corrected chi connectivity index (χ4v) is 3.89. The number of pyridine rings is 2. The molecule has 0 spiro atoms. The third-order valence-electron chi connectivity index (χ3n) is 4.21. The minimum atomic E-state index is -4.61. The number of nitrogens with zero attached hydrogens (tertiary/aromatic N) is 5. The predicted octanol–water partition coefficient (Wildman–Crippen LogP) is 5.06. The molecule has 0 radical (unpaired) electrons. The van der Waals surface area contributed by atoms with Crippen LogP contribution in [-0.2, 0) is 17.3 Å². The quantitative estimate of drug-likeness (QED) is 0.179. The Labute approximate surface area is 187 Å². The van der Waals surface area contributed by atoms with E-state index in [1.807, 2.05) is 0 Å². The first-order valence-corrected chi connectivity index (χ1v) is 10.6. The molecule has 172 valence electrons. The molecule has 0 aliphatic carbocycles. The van der Waals surface area contributed by atoms with Gasteiger partial charge in [-0.3, -0.25) is 14.4 Å². The van der Waals surface area contributed by atoms with E-state index < -0.39 is 40.1 Å². The first kappa shape index (κ1) is 23.1. The van der Waals surface area contributed by atoms with Gasteiger partial charge in [-0.25, -0.2) is 14.2 Å². The molecule has 0 aliphatic heterocycles. The highest BCUT2D eigenvalue weighted by molar-refractivity contribution is 8.00. The van der Waals surface area contributed by atoms with Crippen LogP contribution in [0.4, 0.5) is 26.3 Å². The Bertz CT molecular complexity index is 1370. The monoisotopic (exact) mass is 505 g/mol. The van der Waals surface area contributed by atoms with E-state index in [0.29, 0.717) is 0 Å². The maximum atomic E-state index is 13.0. The molecule has 4 heterocycles. The van der Waals surface area contributed by atoms with E-state index in [2.05, 4.69) is 19.9 Å². The molecule has 1 N–H and O–H groups in total. The van der Waals surface area contributed by atoms with Crippen LogP contribution in [0.5, 0.6) is 0 Å². The third-order valence-corrected chi connectivity index (χ3v) is 5.56. The van der Waals surface area contributed by atoms with Gasteiger partial charge in [-0.05, 0) is 18.2 Å². The number of rotatable bonds is 4. The molecule has 7 nitrogen and oxygen atoms in total. The van der Waals surface area contributed by atoms with Crippen molar-refractivity contribution in [3.8, 4) is 22.6 Å². The van der Waals surface area contributed by atoms with Gasteiger partial charge in [-0.15, -0.1) is 0 Å². The molecule has 0 saturated heterocycles. The summed E-state index contributed by atoms with van der Waals surface area (Å²) in [5, 5.41) is -0.350. The van der Waals surface area contributed by atoms with Gasteiger partial charge in [0.05, 0.1) is 16.2 Å². The Morgan fingerprint density at radius 3 is 2.42 bits per heavy atom. The summed E-state index contributed by atoms with van der Waals surface area (Å²) in [5.41, 5.74) is -5.53. The molecular formula is C18H9F6N5O2S2. The van der Waals surface area contributed by atoms with Gasteiger partial charge in [-0.2, -0.15) is 26.3 Å². The number of aromatic nitrogens is 5. The van der Waals surface area contributed by atoms with E-state index in [0.717, 1.165) is 43.0 Å². The Hall–Kier alpha value is -3.04. The highest BCUT2D eigenvalue weighted by Gasteiger charge is 2.31. The fourth-order valence-electron chi connectivity index (χ4n) is 2.84. The van der Waals surface area contributed by atoms with Crippen LogP contribution in [0.1, 0.15) is 5.56 Å². The number of imidazole rings is 1. The second kappa shape index (κ2) is 8.39. The summed E-state index contributed by atoms with van der Waals surface area (Å²) < 4.78 is 99.6. The summed E-state index contributed by atoms with van der Waals surface area (Å²) >= 11 is -3.04. The zero-order valence-electron chi connectivity index (χ0n) is 15.8. The topological polar surface area (TPSA) is 93.3 Å². The van der Waals surface area contributed by atoms with E-state index >= 15 is 0 Å². The number of hydrogen-bond donors (Lipinski definition) is 1. The van der Waals surface area contributed by atoms with Crippen molar-refractivity contribution in [1.29, 1.82) is 0 Å². The van der Waals surface area contributed by atoms with Crippen LogP contribution in [0.15, 0.2) is 59.1 Å². The summed E-state index contributed by atoms with van der Waals surface area (Å²) in [7, 11) is 0. The molecule has 0 amide bonds. The molecule has 4 rings (SSSR count). The van der Waals surface area contributed by atoms with Crippen molar-refractivity contribution in [3.63, 3.8) is 0 Å². The molecule has 15 heteroatoms. The van der Waals surface area contributed by atoms with Crippen molar-refractivity contribution in [1.82, 2.24) is 24.3 Å². The Kier molecular flexibility index (Phi) is 5.88. The first-order chi connectivity index (χ1) is 15.4. The van der Waals surface area contributed by atoms with Gasteiger partial charge in [0, 0.05) is 42.0 Å². The second-order valence-corrected chi connectivity index (χ2v) is 8.44. The van der Waals surface area contributed by atoms with Crippen LogP contribution >= 0.6 is 11.8 Å². The van der Waals surface area contributed by atoms with Crippen LogP contribution < -0.4 is 0 Å². The molecular weight excluding hydrogens is 496 g/mol. The summed E-state index contributed by atoms with van der Waals surface area (Å²) in [6.07, 6.45) is -0.0716. The lowest BCUT2D eigenvalue weighted by Gasteiger charge is -2.09. The minimum absolute atomic E-state index is 0.0481. The molecule has 1 atom stereocenters. The van der Waals surface area contributed by atoms with Crippen molar-refractivity contribution >= 4 is 28.5 Å². The van der Waals surface area contributed by atoms with E-state index in [1.165, 1.54) is 10.6 Å². The Balaban J connectivity index is 1.76. The zero-order chi connectivity index (χ0) is 24.0. The normalized spacial score (nSPS) is 13.4. The summed E-state index contributed by atoms with van der Waals surface area (Å²) in [6.45, 7) is 0. The van der Waals surface area contributed by atoms with E-state index in [9.17, 15) is 35.1 Å². The number of alkyl halides is 6. The van der Waals surface area contributed by atoms with Crippen molar-refractivity contribution < 1.29 is 35.1 Å². The fraction of sp³-hybridized carbons (Fsp3) is 0.111. The van der Waals surface area contributed by atoms with E-state index in [4.69, 9.17) is 0 Å². The summed E-state index contributed by atoms with van der Waals surface area (Å²) in [6, 6.07) is 3.79. The molecule has 0 bridgehead atoms. The van der Waals surface area contributed by atoms with Crippen LogP contribution in [0, 0.1) is 0 Å². The van der Waals surface area contributed by atoms with Gasteiger partial charge >= 0.3 is 11.7 Å². The minimum Gasteiger partial charge on any atom is -0.302 e. The van der Waals surface area contributed by atoms with Crippen molar-refractivity contribution in [3.05, 3.63) is 54.7 Å². The molecule has 4 aromatic heterocycles. The van der Waals surface area contributed by atoms with Gasteiger partial charge in [0.1, 0.15) is 28.4 Å². The molecule has 0 fully saturated rings. The smallest absolute Gasteiger partial charge is 0.302 e. The molecule has 4 aromatic rings. The van der Waals surface area contributed by atoms with Gasteiger partial charge in [0.2, 0.25) is 0 Å². The van der Waals surface area contributed by atoms with Crippen LogP contribution in [0.2, 0.25) is 0 Å². The van der Waals surface area contributed by atoms with Crippen LogP contribution in [0.25, 0.3) is 28.3 Å². The Morgan fingerprint density at radius 2 is 1.76 bits per heavy atom. The highest BCUT2D eigenvalue weighted by Crippen LogP contribution is 2.36. The predicted molar refractivity (Wildman–Crippen MR) is 105 cm³/mol. The number of thioether (sulfide) groups is 1. The average Bonchev–Trinajstić information content (AvgIpc) is 3.15. The first-order valence-electron chi connectivity index (χ1n) is 8.66. The zero-order valence-corrected chi connectivity index (χ0v) is 17.4. The maximum absolute atomic E-state index is 13.0. The molecule has 0 aliphatic rings. The third kappa shape index (κ3) is 5.15. The lowest BCUT2D eigenvalue weighted by atomic mass is 10.1. The summed E-state index contributed by atoms with van der Waals surface area (Å²) in [5.74, 6) is 0. The standard InChI is InChI=1S/C18H9F6N5O2S2/c19-17(20,21)10-1-2-25-11(4-10)9-3-13(33(30)31)16(26-6-9)12-7-29-8-27-15(5-14(29)28-12)32-18(22,23)24/h1-8H,(H,30,31). The maximum Gasteiger partial charge on any atom is 0.447 e. The van der Waals surface area contributed by atoms with Crippen LogP contribution in [0.3, 0.4) is 0 Å². The van der Waals surface area contributed by atoms with Crippen molar-refractivity contribution in [2.24, 2.45) is 0 Å². The van der Waals surface area contributed by atoms with Crippen LogP contribution in [-0.4, -0.2) is 38.6 Å². The Morgan fingerprint density at radius 1 is 1.00 bits per heavy atom. The molecule has 0 saturated carbocycles. The van der Waals surface area contributed by atoms with E-state index in [1.54, 1.807) is 0 Å².